The Morgan fingerprint density at radius 2 is 2.20 bits per heavy atom. The van der Waals surface area contributed by atoms with Crippen LogP contribution in [0.1, 0.15) is 24.2 Å². The van der Waals surface area contributed by atoms with Crippen molar-refractivity contribution in [2.75, 3.05) is 18.4 Å². The maximum Gasteiger partial charge on any atom is 0.129 e. The average Bonchev–Trinajstić information content (AvgIpc) is 2.94. The van der Waals surface area contributed by atoms with Crippen LogP contribution in [0.5, 0.6) is 0 Å². The molecule has 7 heteroatoms. The van der Waals surface area contributed by atoms with E-state index in [2.05, 4.69) is 35.1 Å². The predicted octanol–water partition coefficient (Wildman–Crippen LogP) is 1.24. The van der Waals surface area contributed by atoms with Crippen molar-refractivity contribution in [1.82, 2.24) is 25.2 Å². The number of anilines is 1. The van der Waals surface area contributed by atoms with Crippen molar-refractivity contribution in [1.29, 1.82) is 0 Å². The SMILES string of the molecule is Cc1cc(NC2CCN(Cc3cnon3)CC2)ncn1. The molecule has 2 aromatic rings. The number of nitrogens with zero attached hydrogens (tertiary/aromatic N) is 5. The molecule has 106 valence electrons. The summed E-state index contributed by atoms with van der Waals surface area (Å²) in [6, 6.07) is 2.45. The fourth-order valence-corrected chi connectivity index (χ4v) is 2.46. The zero-order valence-electron chi connectivity index (χ0n) is 11.5. The van der Waals surface area contributed by atoms with E-state index in [1.165, 1.54) is 0 Å². The van der Waals surface area contributed by atoms with Crippen LogP contribution >= 0.6 is 0 Å². The number of aromatic nitrogens is 4. The van der Waals surface area contributed by atoms with Gasteiger partial charge in [0.25, 0.3) is 0 Å². The highest BCUT2D eigenvalue weighted by Gasteiger charge is 2.20. The van der Waals surface area contributed by atoms with Crippen LogP contribution in [0, 0.1) is 6.92 Å². The first-order valence-corrected chi connectivity index (χ1v) is 6.83. The van der Waals surface area contributed by atoms with E-state index in [0.29, 0.717) is 6.04 Å². The lowest BCUT2D eigenvalue weighted by Gasteiger charge is -2.31. The molecule has 0 aromatic carbocycles. The minimum absolute atomic E-state index is 0.469. The summed E-state index contributed by atoms with van der Waals surface area (Å²) in [4.78, 5) is 10.7. The fourth-order valence-electron chi connectivity index (χ4n) is 2.46. The van der Waals surface area contributed by atoms with Crippen LogP contribution in [0.15, 0.2) is 23.2 Å². The van der Waals surface area contributed by atoms with Crippen LogP contribution in [-0.4, -0.2) is 44.3 Å². The molecule has 0 bridgehead atoms. The van der Waals surface area contributed by atoms with Crippen LogP contribution in [0.25, 0.3) is 0 Å². The molecule has 0 spiro atoms. The van der Waals surface area contributed by atoms with Gasteiger partial charge in [0.2, 0.25) is 0 Å². The van der Waals surface area contributed by atoms with Crippen LogP contribution < -0.4 is 5.32 Å². The zero-order valence-corrected chi connectivity index (χ0v) is 11.5. The number of nitrogens with one attached hydrogen (secondary N) is 1. The third-order valence-corrected chi connectivity index (χ3v) is 3.54. The summed E-state index contributed by atoms with van der Waals surface area (Å²) in [5, 5.41) is 11.0. The van der Waals surface area contributed by atoms with Gasteiger partial charge in [0.05, 0.1) is 6.20 Å². The Labute approximate surface area is 117 Å². The molecule has 0 atom stereocenters. The van der Waals surface area contributed by atoms with Crippen molar-refractivity contribution < 1.29 is 4.63 Å². The molecule has 0 aliphatic carbocycles. The minimum Gasteiger partial charge on any atom is -0.367 e. The molecule has 1 saturated heterocycles. The minimum atomic E-state index is 0.469. The van der Waals surface area contributed by atoms with Crippen LogP contribution in [0.2, 0.25) is 0 Å². The lowest BCUT2D eigenvalue weighted by atomic mass is 10.0. The van der Waals surface area contributed by atoms with Gasteiger partial charge in [0, 0.05) is 37.4 Å². The van der Waals surface area contributed by atoms with E-state index >= 15 is 0 Å². The molecule has 20 heavy (non-hydrogen) atoms. The van der Waals surface area contributed by atoms with E-state index in [0.717, 1.165) is 49.7 Å². The summed E-state index contributed by atoms with van der Waals surface area (Å²) in [7, 11) is 0. The molecule has 0 radical (unpaired) electrons. The smallest absolute Gasteiger partial charge is 0.129 e. The monoisotopic (exact) mass is 274 g/mol. The Morgan fingerprint density at radius 3 is 2.90 bits per heavy atom. The van der Waals surface area contributed by atoms with Crippen LogP contribution in [-0.2, 0) is 6.54 Å². The van der Waals surface area contributed by atoms with Gasteiger partial charge in [0.1, 0.15) is 17.8 Å². The van der Waals surface area contributed by atoms with E-state index in [9.17, 15) is 0 Å². The van der Waals surface area contributed by atoms with Crippen LogP contribution in [0.3, 0.4) is 0 Å². The first kappa shape index (κ1) is 13.0. The molecule has 1 N–H and O–H groups in total. The summed E-state index contributed by atoms with van der Waals surface area (Å²) in [5.41, 5.74) is 1.88. The molecule has 3 rings (SSSR count). The van der Waals surface area contributed by atoms with Gasteiger partial charge in [-0.25, -0.2) is 14.6 Å². The van der Waals surface area contributed by atoms with E-state index in [-0.39, 0.29) is 0 Å². The number of piperidine rings is 1. The number of aryl methyl sites for hydroxylation is 1. The van der Waals surface area contributed by atoms with Gasteiger partial charge < -0.3 is 5.32 Å². The van der Waals surface area contributed by atoms with Gasteiger partial charge in [-0.2, -0.15) is 0 Å². The lowest BCUT2D eigenvalue weighted by molar-refractivity contribution is 0.204. The van der Waals surface area contributed by atoms with Gasteiger partial charge in [-0.15, -0.1) is 0 Å². The molecule has 0 unspecified atom stereocenters. The van der Waals surface area contributed by atoms with Crippen molar-refractivity contribution in [2.24, 2.45) is 0 Å². The van der Waals surface area contributed by atoms with Gasteiger partial charge in [-0.1, -0.05) is 10.3 Å². The Morgan fingerprint density at radius 1 is 1.35 bits per heavy atom. The normalized spacial score (nSPS) is 17.2. The van der Waals surface area contributed by atoms with Crippen molar-refractivity contribution in [3.63, 3.8) is 0 Å². The van der Waals surface area contributed by atoms with Gasteiger partial charge in [-0.05, 0) is 19.8 Å². The highest BCUT2D eigenvalue weighted by Crippen LogP contribution is 2.16. The fraction of sp³-hybridized carbons (Fsp3) is 0.538. The molecule has 7 nitrogen and oxygen atoms in total. The first-order chi connectivity index (χ1) is 9.79. The summed E-state index contributed by atoms with van der Waals surface area (Å²) in [6.07, 6.45) is 5.46. The van der Waals surface area contributed by atoms with Gasteiger partial charge >= 0.3 is 0 Å². The highest BCUT2D eigenvalue weighted by atomic mass is 16.6. The third-order valence-electron chi connectivity index (χ3n) is 3.54. The summed E-state index contributed by atoms with van der Waals surface area (Å²) in [5.74, 6) is 0.914. The molecule has 0 saturated carbocycles. The van der Waals surface area contributed by atoms with Crippen molar-refractivity contribution >= 4 is 5.82 Å². The highest BCUT2D eigenvalue weighted by molar-refractivity contribution is 5.35. The Bertz CT molecular complexity index is 536. The second kappa shape index (κ2) is 5.96. The maximum absolute atomic E-state index is 4.61. The Hall–Kier alpha value is -2.02. The Balaban J connectivity index is 1.48. The second-order valence-electron chi connectivity index (χ2n) is 5.14. The number of likely N-dealkylation sites (tertiary alicyclic amines) is 1. The number of hydrogen-bond donors (Lipinski definition) is 1. The van der Waals surface area contributed by atoms with E-state index in [1.54, 1.807) is 12.5 Å². The topological polar surface area (TPSA) is 80.0 Å². The third kappa shape index (κ3) is 3.30. The van der Waals surface area contributed by atoms with E-state index in [1.807, 2.05) is 13.0 Å². The predicted molar refractivity (Wildman–Crippen MR) is 73.0 cm³/mol. The second-order valence-corrected chi connectivity index (χ2v) is 5.14. The zero-order chi connectivity index (χ0) is 13.8. The summed E-state index contributed by atoms with van der Waals surface area (Å²) >= 11 is 0. The molecular formula is C13H18N6O. The van der Waals surface area contributed by atoms with E-state index in [4.69, 9.17) is 0 Å². The molecule has 3 heterocycles. The van der Waals surface area contributed by atoms with Gasteiger partial charge in [0.15, 0.2) is 0 Å². The summed E-state index contributed by atoms with van der Waals surface area (Å²) < 4.78 is 4.61. The molecular weight excluding hydrogens is 256 g/mol. The molecule has 2 aromatic heterocycles. The average molecular weight is 274 g/mol. The largest absolute Gasteiger partial charge is 0.367 e. The molecule has 1 aliphatic heterocycles. The van der Waals surface area contributed by atoms with Crippen molar-refractivity contribution in [2.45, 2.75) is 32.4 Å². The van der Waals surface area contributed by atoms with Crippen molar-refractivity contribution in [3.8, 4) is 0 Å². The van der Waals surface area contributed by atoms with Crippen LogP contribution in [0.4, 0.5) is 5.82 Å². The summed E-state index contributed by atoms with van der Waals surface area (Å²) in [6.45, 7) is 4.85. The number of hydrogen-bond acceptors (Lipinski definition) is 7. The molecule has 1 aliphatic rings. The molecule has 0 amide bonds. The molecule has 1 fully saturated rings. The van der Waals surface area contributed by atoms with Crippen molar-refractivity contribution in [3.05, 3.63) is 30.0 Å². The Kier molecular flexibility index (Phi) is 3.87. The van der Waals surface area contributed by atoms with E-state index < -0.39 is 0 Å². The maximum atomic E-state index is 4.61. The quantitative estimate of drug-likeness (QED) is 0.898. The lowest BCUT2D eigenvalue weighted by Crippen LogP contribution is -2.38. The van der Waals surface area contributed by atoms with Gasteiger partial charge in [-0.3, -0.25) is 4.90 Å². The first-order valence-electron chi connectivity index (χ1n) is 6.83. The number of rotatable bonds is 4. The standard InChI is InChI=1S/C13H18N6O/c1-10-6-13(15-9-14-10)17-11-2-4-19(5-3-11)8-12-7-16-20-18-12/h6-7,9,11H,2-5,8H2,1H3,(H,14,15,17).